The van der Waals surface area contributed by atoms with E-state index in [0.717, 1.165) is 18.2 Å². The Balaban J connectivity index is 1.98. The maximum Gasteiger partial charge on any atom is 0.268 e. The molecule has 0 atom stereocenters. The summed E-state index contributed by atoms with van der Waals surface area (Å²) in [5, 5.41) is 18.6. The van der Waals surface area contributed by atoms with Crippen molar-refractivity contribution in [1.82, 2.24) is 4.98 Å². The first-order chi connectivity index (χ1) is 13.8. The van der Waals surface area contributed by atoms with Gasteiger partial charge in [-0.25, -0.2) is 13.2 Å². The lowest BCUT2D eigenvalue weighted by Crippen LogP contribution is -2.16. The van der Waals surface area contributed by atoms with E-state index in [2.05, 4.69) is 4.98 Å². The fourth-order valence-corrected chi connectivity index (χ4v) is 2.76. The van der Waals surface area contributed by atoms with Gasteiger partial charge in [0, 0.05) is 11.6 Å². The molecule has 0 spiro atoms. The van der Waals surface area contributed by atoms with Gasteiger partial charge in [-0.05, 0) is 35.4 Å². The van der Waals surface area contributed by atoms with E-state index in [1.165, 1.54) is 12.1 Å². The van der Waals surface area contributed by atoms with Gasteiger partial charge in [-0.1, -0.05) is 6.07 Å². The summed E-state index contributed by atoms with van der Waals surface area (Å²) in [7, 11) is 0. The van der Waals surface area contributed by atoms with Gasteiger partial charge in [0.25, 0.3) is 5.56 Å². The minimum atomic E-state index is -0.869. The van der Waals surface area contributed by atoms with Gasteiger partial charge in [0.05, 0.1) is 0 Å². The van der Waals surface area contributed by atoms with Gasteiger partial charge in [-0.3, -0.25) is 4.79 Å². The molecule has 0 fully saturated rings. The van der Waals surface area contributed by atoms with Gasteiger partial charge >= 0.3 is 0 Å². The molecule has 0 saturated carbocycles. The Morgan fingerprint density at radius 3 is 2.24 bits per heavy atom. The van der Waals surface area contributed by atoms with Crippen molar-refractivity contribution in [3.05, 3.63) is 80.9 Å². The number of aromatic nitrogens is 1. The Morgan fingerprint density at radius 1 is 1.00 bits per heavy atom. The van der Waals surface area contributed by atoms with Crippen LogP contribution in [-0.4, -0.2) is 4.98 Å². The van der Waals surface area contributed by atoms with Crippen LogP contribution in [0.3, 0.4) is 0 Å². The number of nitriles is 2. The number of nitrogens with one attached hydrogen (secondary N) is 1. The first-order valence-electron chi connectivity index (χ1n) is 8.07. The zero-order valence-corrected chi connectivity index (χ0v) is 14.6. The summed E-state index contributed by atoms with van der Waals surface area (Å²) < 4.78 is 46.2. The number of nitrogen functional groups attached to an aromatic ring is 1. The van der Waals surface area contributed by atoms with Gasteiger partial charge in [-0.15, -0.1) is 0 Å². The highest BCUT2D eigenvalue weighted by Gasteiger charge is 2.19. The quantitative estimate of drug-likeness (QED) is 0.702. The number of benzene rings is 2. The zero-order chi connectivity index (χ0) is 21.1. The van der Waals surface area contributed by atoms with Crippen LogP contribution in [0, 0.1) is 40.1 Å². The number of nitrogens with two attached hydrogens (primary N) is 1. The summed E-state index contributed by atoms with van der Waals surface area (Å²) in [6.45, 7) is -0.296. The summed E-state index contributed by atoms with van der Waals surface area (Å²) in [5.74, 6) is -2.93. The molecule has 0 unspecified atom stereocenters. The molecule has 0 aliphatic rings. The van der Waals surface area contributed by atoms with Crippen LogP contribution in [0.25, 0.3) is 11.1 Å². The van der Waals surface area contributed by atoms with Crippen molar-refractivity contribution in [2.45, 2.75) is 6.61 Å². The van der Waals surface area contributed by atoms with Crippen LogP contribution in [0.5, 0.6) is 5.75 Å². The monoisotopic (exact) mass is 396 g/mol. The van der Waals surface area contributed by atoms with E-state index in [1.807, 2.05) is 0 Å². The van der Waals surface area contributed by atoms with Crippen LogP contribution in [0.2, 0.25) is 0 Å². The first kappa shape index (κ1) is 19.5. The summed E-state index contributed by atoms with van der Waals surface area (Å²) in [4.78, 5) is 14.1. The van der Waals surface area contributed by atoms with Crippen molar-refractivity contribution in [2.75, 3.05) is 5.73 Å². The van der Waals surface area contributed by atoms with E-state index in [4.69, 9.17) is 10.5 Å². The average Bonchev–Trinajstić information content (AvgIpc) is 2.65. The van der Waals surface area contributed by atoms with E-state index in [9.17, 15) is 28.5 Å². The van der Waals surface area contributed by atoms with E-state index in [0.29, 0.717) is 6.07 Å². The second-order valence-electron chi connectivity index (χ2n) is 5.93. The molecule has 29 heavy (non-hydrogen) atoms. The number of ether oxygens (including phenoxy) is 1. The molecule has 3 rings (SSSR count). The number of rotatable bonds is 4. The van der Waals surface area contributed by atoms with E-state index < -0.39 is 23.0 Å². The van der Waals surface area contributed by atoms with Crippen LogP contribution >= 0.6 is 0 Å². The Labute approximate surface area is 162 Å². The van der Waals surface area contributed by atoms with Crippen molar-refractivity contribution < 1.29 is 17.9 Å². The Morgan fingerprint density at radius 2 is 1.66 bits per heavy atom. The lowest BCUT2D eigenvalue weighted by molar-refractivity contribution is 0.289. The highest BCUT2D eigenvalue weighted by molar-refractivity contribution is 5.80. The van der Waals surface area contributed by atoms with Crippen molar-refractivity contribution in [1.29, 1.82) is 10.5 Å². The van der Waals surface area contributed by atoms with E-state index >= 15 is 0 Å². The van der Waals surface area contributed by atoms with Crippen molar-refractivity contribution in [3.8, 4) is 29.0 Å². The largest absolute Gasteiger partial charge is 0.486 e. The summed E-state index contributed by atoms with van der Waals surface area (Å²) >= 11 is 0. The normalized spacial score (nSPS) is 10.2. The first-order valence-corrected chi connectivity index (χ1v) is 8.07. The maximum absolute atomic E-state index is 14.5. The molecule has 1 aromatic heterocycles. The third-order valence-electron chi connectivity index (χ3n) is 4.01. The molecular formula is C20H11F3N4O2. The number of pyridine rings is 1. The third-order valence-corrected chi connectivity index (χ3v) is 4.01. The van der Waals surface area contributed by atoms with Crippen LogP contribution in [0.15, 0.2) is 41.2 Å². The Kier molecular flexibility index (Phi) is 5.24. The van der Waals surface area contributed by atoms with Gasteiger partial charge in [0.1, 0.15) is 47.3 Å². The van der Waals surface area contributed by atoms with E-state index in [-0.39, 0.29) is 46.0 Å². The van der Waals surface area contributed by atoms with Crippen molar-refractivity contribution in [2.24, 2.45) is 0 Å². The summed E-state index contributed by atoms with van der Waals surface area (Å²) in [5.41, 5.74) is 4.38. The standard InChI is InChI=1S/C20H11F3N4O2/c21-12-3-10(4-13(22)6-12)9-29-17-2-1-11(5-16(17)23)18-14(7-24)19(26)27-20(28)15(18)8-25/h1-6H,9H2,(H3,26,27,28). The molecule has 0 amide bonds. The number of nitrogens with zero attached hydrogens (tertiary/aromatic N) is 2. The minimum absolute atomic E-state index is 0.0672. The molecular weight excluding hydrogens is 385 g/mol. The molecule has 9 heteroatoms. The van der Waals surface area contributed by atoms with Gasteiger partial charge in [0.15, 0.2) is 11.6 Å². The smallest absolute Gasteiger partial charge is 0.268 e. The molecule has 0 aliphatic carbocycles. The van der Waals surface area contributed by atoms with Gasteiger partial charge < -0.3 is 15.5 Å². The second-order valence-corrected chi connectivity index (χ2v) is 5.93. The van der Waals surface area contributed by atoms with Crippen molar-refractivity contribution in [3.63, 3.8) is 0 Å². The molecule has 3 aromatic rings. The molecule has 0 radical (unpaired) electrons. The zero-order valence-electron chi connectivity index (χ0n) is 14.6. The minimum Gasteiger partial charge on any atom is -0.486 e. The van der Waals surface area contributed by atoms with E-state index in [1.54, 1.807) is 12.1 Å². The third kappa shape index (κ3) is 3.89. The molecule has 0 bridgehead atoms. The number of hydrogen-bond donors (Lipinski definition) is 2. The topological polar surface area (TPSA) is 116 Å². The molecule has 144 valence electrons. The fraction of sp³-hybridized carbons (Fsp3) is 0.0500. The lowest BCUT2D eigenvalue weighted by atomic mass is 9.96. The number of halogens is 3. The van der Waals surface area contributed by atoms with Crippen LogP contribution in [0.4, 0.5) is 19.0 Å². The Hall–Kier alpha value is -4.24. The summed E-state index contributed by atoms with van der Waals surface area (Å²) in [6, 6.07) is 9.77. The van der Waals surface area contributed by atoms with Gasteiger partial charge in [0.2, 0.25) is 0 Å². The molecule has 0 aliphatic heterocycles. The number of anilines is 1. The molecule has 0 saturated heterocycles. The second kappa shape index (κ2) is 7.79. The lowest BCUT2D eigenvalue weighted by Gasteiger charge is -2.11. The molecule has 1 heterocycles. The number of H-pyrrole nitrogens is 1. The molecule has 6 nitrogen and oxygen atoms in total. The fourth-order valence-electron chi connectivity index (χ4n) is 2.76. The van der Waals surface area contributed by atoms with Gasteiger partial charge in [-0.2, -0.15) is 10.5 Å². The number of hydrogen-bond acceptors (Lipinski definition) is 5. The molecule has 2 aromatic carbocycles. The highest BCUT2D eigenvalue weighted by atomic mass is 19.1. The van der Waals surface area contributed by atoms with Crippen LogP contribution in [-0.2, 0) is 6.61 Å². The molecule has 3 N–H and O–H groups in total. The summed E-state index contributed by atoms with van der Waals surface area (Å²) in [6.07, 6.45) is 0. The predicted molar refractivity (Wildman–Crippen MR) is 97.0 cm³/mol. The van der Waals surface area contributed by atoms with Crippen molar-refractivity contribution >= 4 is 5.82 Å². The Bertz CT molecular complexity index is 1240. The van der Waals surface area contributed by atoms with Crippen LogP contribution in [0.1, 0.15) is 16.7 Å². The predicted octanol–water partition coefficient (Wildman–Crippen LogP) is 3.36. The SMILES string of the molecule is N#Cc1c(N)[nH]c(=O)c(C#N)c1-c1ccc(OCc2cc(F)cc(F)c2)c(F)c1. The maximum atomic E-state index is 14.5. The number of aromatic amines is 1. The highest BCUT2D eigenvalue weighted by Crippen LogP contribution is 2.31. The average molecular weight is 396 g/mol. The van der Waals surface area contributed by atoms with Crippen LogP contribution < -0.4 is 16.0 Å².